The standard InChI is InChI=1S/C15H11ClF4N2O/c16-9-7-12(17)13(22-8-9)5-6-21-14(23)10-3-1-2-4-11(10)15(18,19)20/h1-4,7-8H,5-6H2,(H,21,23). The maximum absolute atomic E-state index is 13.5. The van der Waals surface area contributed by atoms with Gasteiger partial charge in [-0.1, -0.05) is 23.7 Å². The van der Waals surface area contributed by atoms with Gasteiger partial charge >= 0.3 is 6.18 Å². The lowest BCUT2D eigenvalue weighted by Gasteiger charge is -2.12. The van der Waals surface area contributed by atoms with E-state index in [-0.39, 0.29) is 23.7 Å². The minimum absolute atomic E-state index is 0.0307. The van der Waals surface area contributed by atoms with Crippen molar-refractivity contribution in [2.24, 2.45) is 0 Å². The van der Waals surface area contributed by atoms with Crippen molar-refractivity contribution >= 4 is 17.5 Å². The van der Waals surface area contributed by atoms with Gasteiger partial charge in [0.25, 0.3) is 5.91 Å². The van der Waals surface area contributed by atoms with Crippen LogP contribution in [0.4, 0.5) is 17.6 Å². The zero-order valence-electron chi connectivity index (χ0n) is 11.6. The van der Waals surface area contributed by atoms with Gasteiger partial charge in [-0.2, -0.15) is 13.2 Å². The highest BCUT2D eigenvalue weighted by atomic mass is 35.5. The second-order valence-corrected chi connectivity index (χ2v) is 5.07. The molecule has 1 heterocycles. The van der Waals surface area contributed by atoms with Crippen molar-refractivity contribution < 1.29 is 22.4 Å². The third kappa shape index (κ3) is 4.41. The van der Waals surface area contributed by atoms with Crippen LogP contribution in [0.2, 0.25) is 5.02 Å². The highest BCUT2D eigenvalue weighted by Gasteiger charge is 2.34. The van der Waals surface area contributed by atoms with Crippen molar-refractivity contribution in [1.82, 2.24) is 10.3 Å². The number of carbonyl (C=O) groups excluding carboxylic acids is 1. The first-order valence-electron chi connectivity index (χ1n) is 6.53. The first-order chi connectivity index (χ1) is 10.8. The van der Waals surface area contributed by atoms with Gasteiger partial charge in [0.15, 0.2) is 0 Å². The number of pyridine rings is 1. The van der Waals surface area contributed by atoms with Gasteiger partial charge in [0.1, 0.15) is 5.82 Å². The Kier molecular flexibility index (Phi) is 5.20. The molecule has 2 rings (SSSR count). The Balaban J connectivity index is 2.03. The van der Waals surface area contributed by atoms with Crippen LogP contribution in [0.5, 0.6) is 0 Å². The number of halogens is 5. The van der Waals surface area contributed by atoms with Gasteiger partial charge in [-0.05, 0) is 18.2 Å². The molecule has 3 nitrogen and oxygen atoms in total. The average molecular weight is 347 g/mol. The van der Waals surface area contributed by atoms with Gasteiger partial charge in [-0.25, -0.2) is 4.39 Å². The predicted molar refractivity (Wildman–Crippen MR) is 76.7 cm³/mol. The maximum Gasteiger partial charge on any atom is 0.417 e. The highest BCUT2D eigenvalue weighted by molar-refractivity contribution is 6.30. The lowest BCUT2D eigenvalue weighted by molar-refractivity contribution is -0.137. The van der Waals surface area contributed by atoms with Crippen LogP contribution in [-0.2, 0) is 12.6 Å². The molecule has 0 aliphatic heterocycles. The Morgan fingerprint density at radius 1 is 1.26 bits per heavy atom. The number of alkyl halides is 3. The number of hydrogen-bond acceptors (Lipinski definition) is 2. The van der Waals surface area contributed by atoms with Crippen molar-refractivity contribution in [2.75, 3.05) is 6.54 Å². The number of nitrogens with zero attached hydrogens (tertiary/aromatic N) is 1. The normalized spacial score (nSPS) is 11.3. The molecule has 1 aromatic heterocycles. The fourth-order valence-corrected chi connectivity index (χ4v) is 2.09. The Morgan fingerprint density at radius 3 is 2.61 bits per heavy atom. The Bertz CT molecular complexity index is 719. The van der Waals surface area contributed by atoms with E-state index in [2.05, 4.69) is 10.3 Å². The van der Waals surface area contributed by atoms with Crippen LogP contribution >= 0.6 is 11.6 Å². The number of aromatic nitrogens is 1. The Labute approximate surface area is 134 Å². The average Bonchev–Trinajstić information content (AvgIpc) is 2.48. The zero-order valence-corrected chi connectivity index (χ0v) is 12.4. The molecule has 0 aliphatic rings. The lowest BCUT2D eigenvalue weighted by atomic mass is 10.1. The molecule has 0 spiro atoms. The summed E-state index contributed by atoms with van der Waals surface area (Å²) in [6.45, 7) is -0.0590. The summed E-state index contributed by atoms with van der Waals surface area (Å²) >= 11 is 5.56. The fourth-order valence-electron chi connectivity index (χ4n) is 1.94. The second-order valence-electron chi connectivity index (χ2n) is 4.63. The Hall–Kier alpha value is -2.15. The van der Waals surface area contributed by atoms with Gasteiger partial charge in [0, 0.05) is 19.2 Å². The number of rotatable bonds is 4. The number of nitrogens with one attached hydrogen (secondary N) is 1. The predicted octanol–water partition coefficient (Wildman–Crippen LogP) is 3.87. The summed E-state index contributed by atoms with van der Waals surface area (Å²) in [6.07, 6.45) is -3.35. The molecule has 23 heavy (non-hydrogen) atoms. The topological polar surface area (TPSA) is 42.0 Å². The maximum atomic E-state index is 13.5. The first kappa shape index (κ1) is 17.2. The Morgan fingerprint density at radius 2 is 1.96 bits per heavy atom. The summed E-state index contributed by atoms with van der Waals surface area (Å²) in [5.74, 6) is -1.52. The molecule has 0 saturated carbocycles. The molecule has 0 atom stereocenters. The van der Waals surface area contributed by atoms with E-state index in [0.717, 1.165) is 18.2 Å². The molecule has 0 saturated heterocycles. The van der Waals surface area contributed by atoms with Crippen LogP contribution < -0.4 is 5.32 Å². The van der Waals surface area contributed by atoms with Gasteiger partial charge in [-0.15, -0.1) is 0 Å². The third-order valence-electron chi connectivity index (χ3n) is 3.01. The molecule has 1 aromatic carbocycles. The van der Waals surface area contributed by atoms with E-state index in [1.807, 2.05) is 0 Å². The van der Waals surface area contributed by atoms with E-state index in [4.69, 9.17) is 11.6 Å². The summed E-state index contributed by atoms with van der Waals surface area (Å²) < 4.78 is 52.0. The van der Waals surface area contributed by atoms with Crippen LogP contribution in [-0.4, -0.2) is 17.4 Å². The van der Waals surface area contributed by atoms with Gasteiger partial charge in [0.05, 0.1) is 21.8 Å². The van der Waals surface area contributed by atoms with E-state index < -0.39 is 29.0 Å². The number of hydrogen-bond donors (Lipinski definition) is 1. The smallest absolute Gasteiger partial charge is 0.352 e. The summed E-state index contributed by atoms with van der Waals surface area (Å²) in [7, 11) is 0. The summed E-state index contributed by atoms with van der Waals surface area (Å²) in [5, 5.41) is 2.46. The summed E-state index contributed by atoms with van der Waals surface area (Å²) in [4.78, 5) is 15.7. The zero-order chi connectivity index (χ0) is 17.0. The quantitative estimate of drug-likeness (QED) is 0.854. The minimum Gasteiger partial charge on any atom is -0.352 e. The fraction of sp³-hybridized carbons (Fsp3) is 0.200. The molecule has 0 fully saturated rings. The van der Waals surface area contributed by atoms with Gasteiger partial charge in [-0.3, -0.25) is 9.78 Å². The van der Waals surface area contributed by atoms with Crippen LogP contribution in [0.15, 0.2) is 36.5 Å². The molecular weight excluding hydrogens is 336 g/mol. The lowest BCUT2D eigenvalue weighted by Crippen LogP contribution is -2.28. The second kappa shape index (κ2) is 6.95. The minimum atomic E-state index is -4.63. The van der Waals surface area contributed by atoms with Crippen LogP contribution in [0.3, 0.4) is 0 Å². The van der Waals surface area contributed by atoms with Crippen LogP contribution in [0.25, 0.3) is 0 Å². The van der Waals surface area contributed by atoms with Crippen molar-refractivity contribution in [3.63, 3.8) is 0 Å². The molecule has 0 radical (unpaired) electrons. The van der Waals surface area contributed by atoms with Crippen molar-refractivity contribution in [1.29, 1.82) is 0 Å². The first-order valence-corrected chi connectivity index (χ1v) is 6.91. The van der Waals surface area contributed by atoms with Crippen LogP contribution in [0, 0.1) is 5.82 Å². The largest absolute Gasteiger partial charge is 0.417 e. The molecule has 0 bridgehead atoms. The molecule has 8 heteroatoms. The molecule has 1 amide bonds. The van der Waals surface area contributed by atoms with Crippen molar-refractivity contribution in [3.05, 3.63) is 64.2 Å². The summed E-state index contributed by atoms with van der Waals surface area (Å²) in [5.41, 5.74) is -1.43. The molecule has 2 aromatic rings. The van der Waals surface area contributed by atoms with Crippen molar-refractivity contribution in [3.8, 4) is 0 Å². The number of benzene rings is 1. The van der Waals surface area contributed by atoms with Gasteiger partial charge in [0.2, 0.25) is 0 Å². The van der Waals surface area contributed by atoms with E-state index in [0.29, 0.717) is 0 Å². The number of amides is 1. The number of carbonyl (C=O) groups is 1. The van der Waals surface area contributed by atoms with E-state index in [9.17, 15) is 22.4 Å². The highest BCUT2D eigenvalue weighted by Crippen LogP contribution is 2.31. The SMILES string of the molecule is O=C(NCCc1ncc(Cl)cc1F)c1ccccc1C(F)(F)F. The molecule has 0 aliphatic carbocycles. The van der Waals surface area contributed by atoms with Crippen molar-refractivity contribution in [2.45, 2.75) is 12.6 Å². The monoisotopic (exact) mass is 346 g/mol. The molecule has 1 N–H and O–H groups in total. The molecular formula is C15H11ClF4N2O. The third-order valence-corrected chi connectivity index (χ3v) is 3.22. The molecule has 0 unspecified atom stereocenters. The van der Waals surface area contributed by atoms with E-state index in [1.165, 1.54) is 18.3 Å². The van der Waals surface area contributed by atoms with Crippen LogP contribution in [0.1, 0.15) is 21.6 Å². The molecule has 122 valence electrons. The van der Waals surface area contributed by atoms with E-state index in [1.54, 1.807) is 0 Å². The summed E-state index contributed by atoms with van der Waals surface area (Å²) in [6, 6.07) is 5.52. The van der Waals surface area contributed by atoms with E-state index >= 15 is 0 Å². The van der Waals surface area contributed by atoms with Gasteiger partial charge < -0.3 is 5.32 Å².